The fraction of sp³-hybridized carbons (Fsp3) is 0.421. The summed E-state index contributed by atoms with van der Waals surface area (Å²) in [4.78, 5) is 25.0. The molecule has 142 valence electrons. The highest BCUT2D eigenvalue weighted by Gasteiger charge is 2.12. The highest BCUT2D eigenvalue weighted by Crippen LogP contribution is 2.15. The predicted octanol–water partition coefficient (Wildman–Crippen LogP) is 2.17. The van der Waals surface area contributed by atoms with Gasteiger partial charge in [-0.05, 0) is 45.2 Å². The number of aromatic nitrogens is 5. The summed E-state index contributed by atoms with van der Waals surface area (Å²) >= 11 is 0. The molecule has 0 aliphatic rings. The van der Waals surface area contributed by atoms with E-state index < -0.39 is 0 Å². The number of nitrogens with zero attached hydrogens (tertiary/aromatic N) is 5. The van der Waals surface area contributed by atoms with Gasteiger partial charge in [0, 0.05) is 36.6 Å². The zero-order chi connectivity index (χ0) is 19.4. The van der Waals surface area contributed by atoms with Gasteiger partial charge in [-0.2, -0.15) is 10.1 Å². The molecule has 0 aromatic carbocycles. The molecule has 0 radical (unpaired) electrons. The minimum absolute atomic E-state index is 0.0185. The smallest absolute Gasteiger partial charge is 0.252 e. The van der Waals surface area contributed by atoms with Gasteiger partial charge < -0.3 is 10.1 Å². The second-order valence-electron chi connectivity index (χ2n) is 6.68. The average molecular weight is 368 g/mol. The van der Waals surface area contributed by atoms with Crippen LogP contribution in [0.5, 0.6) is 5.88 Å². The van der Waals surface area contributed by atoms with Gasteiger partial charge in [0.15, 0.2) is 0 Å². The molecule has 0 bridgehead atoms. The Bertz CT molecular complexity index is 933. The molecule has 3 heterocycles. The summed E-state index contributed by atoms with van der Waals surface area (Å²) in [6.45, 7) is 8.24. The molecule has 0 saturated heterocycles. The number of fused-ring (bicyclic) bond motifs is 1. The van der Waals surface area contributed by atoms with Gasteiger partial charge in [-0.1, -0.05) is 6.07 Å². The summed E-state index contributed by atoms with van der Waals surface area (Å²) in [5.74, 6) is 1.15. The maximum absolute atomic E-state index is 12.2. The summed E-state index contributed by atoms with van der Waals surface area (Å²) < 4.78 is 7.21. The fourth-order valence-corrected chi connectivity index (χ4v) is 2.87. The van der Waals surface area contributed by atoms with Gasteiger partial charge in [0.2, 0.25) is 11.8 Å². The molecule has 0 aliphatic heterocycles. The Hall–Kier alpha value is -3.03. The van der Waals surface area contributed by atoms with Crippen LogP contribution in [0.25, 0.3) is 5.78 Å². The van der Waals surface area contributed by atoms with Gasteiger partial charge in [-0.3, -0.25) is 4.79 Å². The van der Waals surface area contributed by atoms with E-state index >= 15 is 0 Å². The highest BCUT2D eigenvalue weighted by molar-refractivity contribution is 5.76. The molecule has 0 spiro atoms. The Kier molecular flexibility index (Phi) is 5.63. The van der Waals surface area contributed by atoms with Crippen LogP contribution in [0, 0.1) is 13.8 Å². The molecule has 0 aliphatic carbocycles. The maximum atomic E-state index is 12.2. The molecule has 0 atom stereocenters. The number of amides is 1. The van der Waals surface area contributed by atoms with Gasteiger partial charge in [-0.25, -0.2) is 14.5 Å². The monoisotopic (exact) mass is 368 g/mol. The van der Waals surface area contributed by atoms with Crippen molar-refractivity contribution < 1.29 is 9.53 Å². The van der Waals surface area contributed by atoms with Crippen LogP contribution in [0.3, 0.4) is 0 Å². The Morgan fingerprint density at radius 2 is 2.07 bits per heavy atom. The van der Waals surface area contributed by atoms with Gasteiger partial charge >= 0.3 is 0 Å². The Morgan fingerprint density at radius 1 is 1.26 bits per heavy atom. The first-order valence-electron chi connectivity index (χ1n) is 8.98. The maximum Gasteiger partial charge on any atom is 0.252 e. The van der Waals surface area contributed by atoms with E-state index in [1.807, 2.05) is 39.8 Å². The van der Waals surface area contributed by atoms with Crippen LogP contribution < -0.4 is 10.1 Å². The van der Waals surface area contributed by atoms with Crippen molar-refractivity contribution >= 4 is 11.7 Å². The SMILES string of the molecule is Cc1nc2ncnn2c(C)c1CCC(=O)NCc1ccc(OC(C)C)nc1. The lowest BCUT2D eigenvalue weighted by atomic mass is 10.1. The van der Waals surface area contributed by atoms with Gasteiger partial charge in [-0.15, -0.1) is 0 Å². The molecular weight excluding hydrogens is 344 g/mol. The minimum Gasteiger partial charge on any atom is -0.475 e. The van der Waals surface area contributed by atoms with E-state index in [9.17, 15) is 4.79 Å². The van der Waals surface area contributed by atoms with Crippen molar-refractivity contribution in [2.75, 3.05) is 0 Å². The topological polar surface area (TPSA) is 94.3 Å². The standard InChI is InChI=1S/C19H24N6O2/c1-12(2)27-18-8-5-15(10-21-18)9-20-17(26)7-6-16-13(3)24-19-22-11-23-25(19)14(16)4/h5,8,10-12H,6-7,9H2,1-4H3,(H,20,26). The Labute approximate surface area is 158 Å². The number of hydrogen-bond acceptors (Lipinski definition) is 6. The van der Waals surface area contributed by atoms with Crippen molar-refractivity contribution in [3.05, 3.63) is 47.2 Å². The third-order valence-electron chi connectivity index (χ3n) is 4.23. The van der Waals surface area contributed by atoms with E-state index in [1.165, 1.54) is 6.33 Å². The van der Waals surface area contributed by atoms with Crippen LogP contribution in [-0.2, 0) is 17.8 Å². The molecule has 3 rings (SSSR count). The Balaban J connectivity index is 1.54. The first-order chi connectivity index (χ1) is 12.9. The lowest BCUT2D eigenvalue weighted by Crippen LogP contribution is -2.23. The summed E-state index contributed by atoms with van der Waals surface area (Å²) in [6.07, 6.45) is 4.27. The molecule has 1 amide bonds. The first kappa shape index (κ1) is 18.8. The van der Waals surface area contributed by atoms with Gasteiger partial charge in [0.05, 0.1) is 6.10 Å². The van der Waals surface area contributed by atoms with Crippen molar-refractivity contribution in [1.82, 2.24) is 29.9 Å². The van der Waals surface area contributed by atoms with E-state index in [-0.39, 0.29) is 12.0 Å². The van der Waals surface area contributed by atoms with Crippen molar-refractivity contribution in [3.8, 4) is 5.88 Å². The fourth-order valence-electron chi connectivity index (χ4n) is 2.87. The first-order valence-corrected chi connectivity index (χ1v) is 8.98. The summed E-state index contributed by atoms with van der Waals surface area (Å²) in [5.41, 5.74) is 3.80. The molecule has 1 N–H and O–H groups in total. The third-order valence-corrected chi connectivity index (χ3v) is 4.23. The quantitative estimate of drug-likeness (QED) is 0.687. The van der Waals surface area contributed by atoms with Crippen LogP contribution in [-0.4, -0.2) is 36.6 Å². The largest absolute Gasteiger partial charge is 0.475 e. The Morgan fingerprint density at radius 3 is 2.78 bits per heavy atom. The van der Waals surface area contributed by atoms with Crippen molar-refractivity contribution in [3.63, 3.8) is 0 Å². The zero-order valence-corrected chi connectivity index (χ0v) is 16.1. The van der Waals surface area contributed by atoms with Crippen LogP contribution in [0.2, 0.25) is 0 Å². The van der Waals surface area contributed by atoms with Gasteiger partial charge in [0.25, 0.3) is 5.78 Å². The number of ether oxygens (including phenoxy) is 1. The van der Waals surface area contributed by atoms with E-state index in [0.717, 1.165) is 22.5 Å². The number of carbonyl (C=O) groups excluding carboxylic acids is 1. The second kappa shape index (κ2) is 8.11. The second-order valence-corrected chi connectivity index (χ2v) is 6.68. The summed E-state index contributed by atoms with van der Waals surface area (Å²) in [5, 5.41) is 7.10. The molecule has 8 heteroatoms. The highest BCUT2D eigenvalue weighted by atomic mass is 16.5. The molecule has 8 nitrogen and oxygen atoms in total. The van der Waals surface area contributed by atoms with Crippen LogP contribution >= 0.6 is 0 Å². The zero-order valence-electron chi connectivity index (χ0n) is 16.1. The normalized spacial score (nSPS) is 11.1. The number of rotatable bonds is 7. The molecule has 0 unspecified atom stereocenters. The number of nitrogens with one attached hydrogen (secondary N) is 1. The van der Waals surface area contributed by atoms with Crippen molar-refractivity contribution in [1.29, 1.82) is 0 Å². The number of aryl methyl sites for hydroxylation is 2. The predicted molar refractivity (Wildman–Crippen MR) is 100 cm³/mol. The molecular formula is C19H24N6O2. The summed E-state index contributed by atoms with van der Waals surface area (Å²) in [6, 6.07) is 3.72. The lowest BCUT2D eigenvalue weighted by Gasteiger charge is -2.11. The van der Waals surface area contributed by atoms with Crippen LogP contribution in [0.4, 0.5) is 0 Å². The van der Waals surface area contributed by atoms with E-state index in [0.29, 0.717) is 31.0 Å². The third kappa shape index (κ3) is 4.58. The van der Waals surface area contributed by atoms with E-state index in [4.69, 9.17) is 4.74 Å². The number of carbonyl (C=O) groups is 1. The van der Waals surface area contributed by atoms with E-state index in [1.54, 1.807) is 10.7 Å². The number of pyridine rings is 1. The van der Waals surface area contributed by atoms with Crippen LogP contribution in [0.15, 0.2) is 24.7 Å². The molecule has 27 heavy (non-hydrogen) atoms. The minimum atomic E-state index is -0.0185. The van der Waals surface area contributed by atoms with Crippen molar-refractivity contribution in [2.24, 2.45) is 0 Å². The summed E-state index contributed by atoms with van der Waals surface area (Å²) in [7, 11) is 0. The van der Waals surface area contributed by atoms with Crippen LogP contribution in [0.1, 0.15) is 42.8 Å². The molecule has 0 saturated carbocycles. The average Bonchev–Trinajstić information content (AvgIpc) is 3.09. The lowest BCUT2D eigenvalue weighted by molar-refractivity contribution is -0.121. The number of hydrogen-bond donors (Lipinski definition) is 1. The van der Waals surface area contributed by atoms with E-state index in [2.05, 4.69) is 25.4 Å². The molecule has 3 aromatic heterocycles. The van der Waals surface area contributed by atoms with Crippen molar-refractivity contribution in [2.45, 2.75) is 53.2 Å². The molecule has 3 aromatic rings. The molecule has 0 fully saturated rings. The van der Waals surface area contributed by atoms with Gasteiger partial charge in [0.1, 0.15) is 6.33 Å².